The van der Waals surface area contributed by atoms with Gasteiger partial charge in [0.05, 0.1) is 36.3 Å². The number of hydrogen-bond donors (Lipinski definition) is 2. The molecule has 1 aromatic carbocycles. The second-order valence-corrected chi connectivity index (χ2v) is 12.7. The van der Waals surface area contributed by atoms with Crippen molar-refractivity contribution in [3.8, 4) is 0 Å². The molecule has 1 aromatic rings. The van der Waals surface area contributed by atoms with Crippen molar-refractivity contribution in [2.45, 2.75) is 96.4 Å². The van der Waals surface area contributed by atoms with Crippen molar-refractivity contribution in [1.82, 2.24) is 4.90 Å². The molecule has 49 heavy (non-hydrogen) atoms. The number of fused-ring (bicyclic) bond motifs is 3. The first-order valence-corrected chi connectivity index (χ1v) is 16.0. The highest BCUT2D eigenvalue weighted by atomic mass is 16.8. The number of esters is 4. The second kappa shape index (κ2) is 15.0. The van der Waals surface area contributed by atoms with Gasteiger partial charge in [-0.25, -0.2) is 0 Å². The summed E-state index contributed by atoms with van der Waals surface area (Å²) in [6.07, 6.45) is -9.47. The van der Waals surface area contributed by atoms with Crippen molar-refractivity contribution < 1.29 is 67.5 Å². The molecule has 2 aliphatic carbocycles. The van der Waals surface area contributed by atoms with Gasteiger partial charge in [-0.05, 0) is 18.4 Å². The number of amides is 2. The molecule has 0 spiro atoms. The quantitative estimate of drug-likeness (QED) is 0.156. The molecule has 266 valence electrons. The summed E-state index contributed by atoms with van der Waals surface area (Å²) in [5.74, 6) is -6.94. The van der Waals surface area contributed by atoms with Gasteiger partial charge in [-0.15, -0.1) is 0 Å². The van der Waals surface area contributed by atoms with Gasteiger partial charge in [-0.1, -0.05) is 35.5 Å². The number of rotatable bonds is 9. The molecule has 0 aromatic heterocycles. The molecule has 11 atom stereocenters. The number of hydrogen-bond acceptors (Lipinski definition) is 15. The van der Waals surface area contributed by atoms with Crippen LogP contribution in [0.25, 0.3) is 0 Å². The van der Waals surface area contributed by atoms with Crippen LogP contribution in [0.15, 0.2) is 35.5 Å². The zero-order chi connectivity index (χ0) is 35.6. The molecule has 2 saturated carbocycles. The SMILES string of the molecule is CC(=O)OC[C@H]1O[C@@H](O/N=C2\C[C@@H](O)[C@@H](O)[C@@H]3[C@@H]4C(=O)N(Cc5ccccc5)C(=O)[C@@H]4CC[C@H]23)C(OC(C)=O)[C@@H](OC(C)=O)C1OC(C)=O. The molecule has 16 nitrogen and oxygen atoms in total. The van der Waals surface area contributed by atoms with E-state index < -0.39 is 103 Å². The highest BCUT2D eigenvalue weighted by Crippen LogP contribution is 2.50. The maximum absolute atomic E-state index is 13.8. The number of aliphatic hydroxyl groups excluding tert-OH is 2. The van der Waals surface area contributed by atoms with Gasteiger partial charge in [0.15, 0.2) is 12.2 Å². The van der Waals surface area contributed by atoms with E-state index in [9.17, 15) is 39.0 Å². The molecule has 2 heterocycles. The first kappa shape index (κ1) is 35.9. The Labute approximate surface area is 281 Å². The Hall–Kier alpha value is -4.41. The third-order valence-corrected chi connectivity index (χ3v) is 9.28. The van der Waals surface area contributed by atoms with Gasteiger partial charge in [-0.2, -0.15) is 0 Å². The van der Waals surface area contributed by atoms with Crippen LogP contribution in [-0.2, 0) is 63.8 Å². The number of carbonyl (C=O) groups excluding carboxylic acids is 6. The van der Waals surface area contributed by atoms with E-state index in [0.717, 1.165) is 33.3 Å². The predicted octanol–water partition coefficient (Wildman–Crippen LogP) is 0.395. The molecular formula is C33H40N2O14. The maximum Gasteiger partial charge on any atom is 0.303 e. The van der Waals surface area contributed by atoms with Crippen LogP contribution < -0.4 is 0 Å². The number of imide groups is 1. The third kappa shape index (κ3) is 7.76. The second-order valence-electron chi connectivity index (χ2n) is 12.7. The van der Waals surface area contributed by atoms with Crippen LogP contribution >= 0.6 is 0 Å². The summed E-state index contributed by atoms with van der Waals surface area (Å²) >= 11 is 0. The first-order chi connectivity index (χ1) is 23.3. The Morgan fingerprint density at radius 1 is 0.837 bits per heavy atom. The number of ether oxygens (including phenoxy) is 5. The zero-order valence-electron chi connectivity index (χ0n) is 27.5. The van der Waals surface area contributed by atoms with Gasteiger partial charge in [0.1, 0.15) is 12.7 Å². The molecule has 5 rings (SSSR count). The van der Waals surface area contributed by atoms with E-state index in [1.807, 2.05) is 6.07 Å². The molecule has 2 amide bonds. The van der Waals surface area contributed by atoms with Crippen LogP contribution in [0, 0.1) is 23.7 Å². The van der Waals surface area contributed by atoms with Gasteiger partial charge in [-0.3, -0.25) is 33.7 Å². The molecule has 2 unspecified atom stereocenters. The average Bonchev–Trinajstić information content (AvgIpc) is 3.27. The van der Waals surface area contributed by atoms with E-state index >= 15 is 0 Å². The lowest BCUT2D eigenvalue weighted by atomic mass is 9.60. The van der Waals surface area contributed by atoms with Gasteiger partial charge in [0.2, 0.25) is 17.9 Å². The summed E-state index contributed by atoms with van der Waals surface area (Å²) in [6, 6.07) is 9.05. The smallest absolute Gasteiger partial charge is 0.303 e. The van der Waals surface area contributed by atoms with Crippen LogP contribution in [0.5, 0.6) is 0 Å². The van der Waals surface area contributed by atoms with E-state index in [0.29, 0.717) is 12.8 Å². The molecule has 4 aliphatic rings. The minimum Gasteiger partial charge on any atom is -0.463 e. The van der Waals surface area contributed by atoms with Crippen LogP contribution in [0.4, 0.5) is 0 Å². The minimum absolute atomic E-state index is 0.0779. The molecule has 16 heteroatoms. The Balaban J connectivity index is 1.43. The van der Waals surface area contributed by atoms with Crippen LogP contribution in [-0.4, -0.2) is 106 Å². The van der Waals surface area contributed by atoms with Crippen molar-refractivity contribution in [3.63, 3.8) is 0 Å². The van der Waals surface area contributed by atoms with Crippen molar-refractivity contribution in [2.75, 3.05) is 6.61 Å². The lowest BCUT2D eigenvalue weighted by Crippen LogP contribution is -2.62. The highest BCUT2D eigenvalue weighted by molar-refractivity contribution is 6.06. The summed E-state index contributed by atoms with van der Waals surface area (Å²) in [5.41, 5.74) is 1.03. The standard InChI is InChI=1S/C33H40N2O14/c1-15(36)44-14-24-28(45-16(2)37)29(46-17(3)38)30(47-18(4)39)33(48-24)49-34-22-12-23(40)27(41)25-20(22)10-11-21-26(25)32(43)35(31(21)42)13-19-8-6-5-7-9-19/h5-9,20-21,23-30,33,40-41H,10-14H2,1-4H3/b34-22+/t20-,21-,23-,24-,25+,26-,27-,28?,29+,30?,33+/m1/s1. The predicted molar refractivity (Wildman–Crippen MR) is 162 cm³/mol. The zero-order valence-corrected chi connectivity index (χ0v) is 27.5. The lowest BCUT2D eigenvalue weighted by molar-refractivity contribution is -0.308. The van der Waals surface area contributed by atoms with Gasteiger partial charge >= 0.3 is 23.9 Å². The van der Waals surface area contributed by atoms with E-state index in [1.54, 1.807) is 24.3 Å². The molecule has 2 N–H and O–H groups in total. The van der Waals surface area contributed by atoms with Crippen molar-refractivity contribution in [1.29, 1.82) is 0 Å². The molecule has 0 bridgehead atoms. The Morgan fingerprint density at radius 3 is 2.08 bits per heavy atom. The highest BCUT2D eigenvalue weighted by Gasteiger charge is 2.60. The molecule has 2 saturated heterocycles. The minimum atomic E-state index is -1.61. The fourth-order valence-corrected chi connectivity index (χ4v) is 7.35. The Kier molecular flexibility index (Phi) is 11.0. The number of carbonyl (C=O) groups is 6. The van der Waals surface area contributed by atoms with Crippen molar-refractivity contribution in [3.05, 3.63) is 35.9 Å². The monoisotopic (exact) mass is 688 g/mol. The summed E-state index contributed by atoms with van der Waals surface area (Å²) in [7, 11) is 0. The van der Waals surface area contributed by atoms with Gasteiger partial charge in [0, 0.05) is 46.0 Å². The van der Waals surface area contributed by atoms with E-state index in [-0.39, 0.29) is 24.6 Å². The fourth-order valence-electron chi connectivity index (χ4n) is 7.35. The van der Waals surface area contributed by atoms with Crippen LogP contribution in [0.3, 0.4) is 0 Å². The summed E-state index contributed by atoms with van der Waals surface area (Å²) in [5, 5.41) is 26.4. The molecule has 0 radical (unpaired) electrons. The average molecular weight is 689 g/mol. The lowest BCUT2D eigenvalue weighted by Gasteiger charge is -2.46. The molecular weight excluding hydrogens is 648 g/mol. The topological polar surface area (TPSA) is 214 Å². The third-order valence-electron chi connectivity index (χ3n) is 9.28. The maximum atomic E-state index is 13.8. The number of oxime groups is 1. The largest absolute Gasteiger partial charge is 0.463 e. The molecule has 4 fully saturated rings. The normalized spacial score (nSPS) is 34.8. The van der Waals surface area contributed by atoms with Crippen LogP contribution in [0.1, 0.15) is 52.5 Å². The molecule has 2 aliphatic heterocycles. The van der Waals surface area contributed by atoms with Crippen molar-refractivity contribution in [2.24, 2.45) is 28.8 Å². The number of benzene rings is 1. The van der Waals surface area contributed by atoms with Crippen LogP contribution in [0.2, 0.25) is 0 Å². The number of nitrogens with zero attached hydrogens (tertiary/aromatic N) is 2. The first-order valence-electron chi connectivity index (χ1n) is 16.0. The van der Waals surface area contributed by atoms with E-state index in [4.69, 9.17) is 28.5 Å². The van der Waals surface area contributed by atoms with E-state index in [2.05, 4.69) is 5.16 Å². The number of likely N-dealkylation sites (tertiary alicyclic amines) is 1. The summed E-state index contributed by atoms with van der Waals surface area (Å²) < 4.78 is 27.3. The van der Waals surface area contributed by atoms with E-state index in [1.165, 1.54) is 4.90 Å². The summed E-state index contributed by atoms with van der Waals surface area (Å²) in [6.45, 7) is 4.02. The summed E-state index contributed by atoms with van der Waals surface area (Å²) in [4.78, 5) is 82.2. The fraction of sp³-hybridized carbons (Fsp3) is 0.606. The van der Waals surface area contributed by atoms with Crippen molar-refractivity contribution >= 4 is 41.4 Å². The van der Waals surface area contributed by atoms with Gasteiger partial charge < -0.3 is 38.7 Å². The van der Waals surface area contributed by atoms with Gasteiger partial charge in [0.25, 0.3) is 6.29 Å². The Bertz CT molecular complexity index is 1480. The Morgan fingerprint density at radius 2 is 1.45 bits per heavy atom. The number of aliphatic hydroxyl groups is 2.